The van der Waals surface area contributed by atoms with E-state index >= 15 is 0 Å². The Morgan fingerprint density at radius 2 is 1.59 bits per heavy atom. The molecule has 7 nitrogen and oxygen atoms in total. The highest BCUT2D eigenvalue weighted by molar-refractivity contribution is 9.10. The Labute approximate surface area is 194 Å². The smallest absolute Gasteiger partial charge is 0.262 e. The molecule has 0 saturated carbocycles. The molecule has 0 aliphatic carbocycles. The maximum absolute atomic E-state index is 12.6. The van der Waals surface area contributed by atoms with Crippen LogP contribution in [0.15, 0.2) is 77.3 Å². The molecule has 0 aromatic heterocycles. The summed E-state index contributed by atoms with van der Waals surface area (Å²) in [4.78, 5) is 24.8. The van der Waals surface area contributed by atoms with Crippen molar-refractivity contribution in [2.24, 2.45) is 0 Å². The van der Waals surface area contributed by atoms with Gasteiger partial charge in [-0.3, -0.25) is 9.59 Å². The Morgan fingerprint density at radius 3 is 2.31 bits per heavy atom. The van der Waals surface area contributed by atoms with E-state index in [1.54, 1.807) is 61.7 Å². The Hall–Kier alpha value is -3.36. The van der Waals surface area contributed by atoms with Crippen LogP contribution in [0.2, 0.25) is 0 Å². The maximum Gasteiger partial charge on any atom is 0.262 e. The second kappa shape index (κ2) is 11.9. The molecule has 32 heavy (non-hydrogen) atoms. The first-order valence-corrected chi connectivity index (χ1v) is 10.6. The SMILES string of the molecule is COCCOc1ccc(C(=O)Nc2cccc(NC(=O)COc3ccccc3)c2)cc1Br. The maximum atomic E-state index is 12.6. The number of halogens is 1. The number of nitrogens with one attached hydrogen (secondary N) is 2. The minimum Gasteiger partial charge on any atom is -0.490 e. The Kier molecular flexibility index (Phi) is 8.65. The number of methoxy groups -OCH3 is 1. The average Bonchev–Trinajstić information content (AvgIpc) is 2.80. The molecule has 2 amide bonds. The van der Waals surface area contributed by atoms with Crippen LogP contribution in [0.25, 0.3) is 0 Å². The molecule has 0 radical (unpaired) electrons. The van der Waals surface area contributed by atoms with E-state index in [9.17, 15) is 9.59 Å². The molecule has 0 spiro atoms. The summed E-state index contributed by atoms with van der Waals surface area (Å²) in [6.45, 7) is 0.767. The zero-order chi connectivity index (χ0) is 22.8. The third kappa shape index (κ3) is 7.11. The van der Waals surface area contributed by atoms with Crippen LogP contribution in [0.3, 0.4) is 0 Å². The molecule has 0 fully saturated rings. The topological polar surface area (TPSA) is 85.9 Å². The molecule has 0 heterocycles. The summed E-state index contributed by atoms with van der Waals surface area (Å²) in [7, 11) is 1.60. The van der Waals surface area contributed by atoms with E-state index in [0.717, 1.165) is 0 Å². The van der Waals surface area contributed by atoms with Crippen LogP contribution in [0.5, 0.6) is 11.5 Å². The first-order valence-electron chi connectivity index (χ1n) is 9.85. The Morgan fingerprint density at radius 1 is 0.844 bits per heavy atom. The molecule has 0 aliphatic heterocycles. The van der Waals surface area contributed by atoms with Crippen LogP contribution in [0.4, 0.5) is 11.4 Å². The third-order valence-corrected chi connectivity index (χ3v) is 4.88. The van der Waals surface area contributed by atoms with Gasteiger partial charge in [0, 0.05) is 24.0 Å². The summed E-state index contributed by atoms with van der Waals surface area (Å²) in [5.74, 6) is 0.654. The molecule has 0 aliphatic rings. The van der Waals surface area contributed by atoms with Crippen molar-refractivity contribution in [1.29, 1.82) is 0 Å². The fraction of sp³-hybridized carbons (Fsp3) is 0.167. The van der Waals surface area contributed by atoms with E-state index in [0.29, 0.717) is 46.1 Å². The summed E-state index contributed by atoms with van der Waals surface area (Å²) in [5, 5.41) is 5.58. The highest BCUT2D eigenvalue weighted by Gasteiger charge is 2.11. The van der Waals surface area contributed by atoms with Crippen LogP contribution in [0, 0.1) is 0 Å². The van der Waals surface area contributed by atoms with Crippen molar-refractivity contribution >= 4 is 39.1 Å². The van der Waals surface area contributed by atoms with Crippen molar-refractivity contribution in [2.75, 3.05) is 37.6 Å². The lowest BCUT2D eigenvalue weighted by Gasteiger charge is -2.11. The number of hydrogen-bond acceptors (Lipinski definition) is 5. The van der Waals surface area contributed by atoms with Gasteiger partial charge in [0.25, 0.3) is 11.8 Å². The van der Waals surface area contributed by atoms with Gasteiger partial charge >= 0.3 is 0 Å². The van der Waals surface area contributed by atoms with Crippen LogP contribution in [0.1, 0.15) is 10.4 Å². The lowest BCUT2D eigenvalue weighted by molar-refractivity contribution is -0.118. The number of hydrogen-bond donors (Lipinski definition) is 2. The summed E-state index contributed by atoms with van der Waals surface area (Å²) in [5.41, 5.74) is 1.56. The van der Waals surface area contributed by atoms with Crippen molar-refractivity contribution in [2.45, 2.75) is 0 Å². The van der Waals surface area contributed by atoms with Crippen LogP contribution >= 0.6 is 15.9 Å². The zero-order valence-electron chi connectivity index (χ0n) is 17.5. The molecule has 0 bridgehead atoms. The highest BCUT2D eigenvalue weighted by Crippen LogP contribution is 2.26. The normalized spacial score (nSPS) is 10.3. The number of rotatable bonds is 10. The first-order chi connectivity index (χ1) is 15.5. The molecular formula is C24H23BrN2O5. The predicted octanol–water partition coefficient (Wildman–Crippen LogP) is 4.74. The van der Waals surface area contributed by atoms with Gasteiger partial charge in [-0.25, -0.2) is 0 Å². The van der Waals surface area contributed by atoms with E-state index in [1.807, 2.05) is 18.2 Å². The molecule has 0 atom stereocenters. The molecule has 2 N–H and O–H groups in total. The average molecular weight is 499 g/mol. The molecule has 0 unspecified atom stereocenters. The zero-order valence-corrected chi connectivity index (χ0v) is 19.1. The second-order valence-corrected chi connectivity index (χ2v) is 7.53. The number of carbonyl (C=O) groups excluding carboxylic acids is 2. The molecule has 166 valence electrons. The van der Waals surface area contributed by atoms with Crippen LogP contribution in [-0.4, -0.2) is 38.7 Å². The first kappa shape index (κ1) is 23.3. The van der Waals surface area contributed by atoms with Gasteiger partial charge in [0.15, 0.2) is 6.61 Å². The molecule has 3 aromatic rings. The minimum atomic E-state index is -0.301. The van der Waals surface area contributed by atoms with Gasteiger partial charge in [0.1, 0.15) is 18.1 Å². The Balaban J connectivity index is 1.56. The van der Waals surface area contributed by atoms with Crippen molar-refractivity contribution in [3.8, 4) is 11.5 Å². The van der Waals surface area contributed by atoms with Crippen molar-refractivity contribution in [3.05, 3.63) is 82.8 Å². The van der Waals surface area contributed by atoms with Gasteiger partial charge in [0.05, 0.1) is 11.1 Å². The van der Waals surface area contributed by atoms with Crippen LogP contribution in [-0.2, 0) is 9.53 Å². The summed E-state index contributed by atoms with van der Waals surface area (Å²) in [6.07, 6.45) is 0. The minimum absolute atomic E-state index is 0.118. The molecule has 3 rings (SSSR count). The summed E-state index contributed by atoms with van der Waals surface area (Å²) in [6, 6.07) is 21.1. The van der Waals surface area contributed by atoms with Crippen molar-refractivity contribution < 1.29 is 23.8 Å². The summed E-state index contributed by atoms with van der Waals surface area (Å²) < 4.78 is 16.6. The number of carbonyl (C=O) groups is 2. The molecule has 8 heteroatoms. The second-order valence-electron chi connectivity index (χ2n) is 6.67. The number of amides is 2. The standard InChI is InChI=1S/C24H23BrN2O5/c1-30-12-13-31-22-11-10-17(14-21(22)25)24(29)27-19-7-5-6-18(15-19)26-23(28)16-32-20-8-3-2-4-9-20/h2-11,14-15H,12-13,16H2,1H3,(H,26,28)(H,27,29). The molecule has 0 saturated heterocycles. The molecule has 3 aromatic carbocycles. The third-order valence-electron chi connectivity index (χ3n) is 4.26. The number of anilines is 2. The Bertz CT molecular complexity index is 1060. The van der Waals surface area contributed by atoms with Gasteiger partial charge in [-0.05, 0) is 64.5 Å². The predicted molar refractivity (Wildman–Crippen MR) is 126 cm³/mol. The quantitative estimate of drug-likeness (QED) is 0.394. The largest absolute Gasteiger partial charge is 0.490 e. The lowest BCUT2D eigenvalue weighted by Crippen LogP contribution is -2.20. The fourth-order valence-corrected chi connectivity index (χ4v) is 3.23. The van der Waals surface area contributed by atoms with E-state index < -0.39 is 0 Å². The number of para-hydroxylation sites is 1. The van der Waals surface area contributed by atoms with E-state index in [2.05, 4.69) is 26.6 Å². The fourth-order valence-electron chi connectivity index (χ4n) is 2.73. The van der Waals surface area contributed by atoms with Crippen LogP contribution < -0.4 is 20.1 Å². The van der Waals surface area contributed by atoms with Gasteiger partial charge in [-0.2, -0.15) is 0 Å². The van der Waals surface area contributed by atoms with Gasteiger partial charge in [-0.1, -0.05) is 24.3 Å². The molecular weight excluding hydrogens is 476 g/mol. The van der Waals surface area contributed by atoms with Gasteiger partial charge in [-0.15, -0.1) is 0 Å². The van der Waals surface area contributed by atoms with E-state index in [1.165, 1.54) is 0 Å². The van der Waals surface area contributed by atoms with Crippen molar-refractivity contribution in [1.82, 2.24) is 0 Å². The van der Waals surface area contributed by atoms with E-state index in [-0.39, 0.29) is 18.4 Å². The van der Waals surface area contributed by atoms with Crippen molar-refractivity contribution in [3.63, 3.8) is 0 Å². The van der Waals surface area contributed by atoms with Gasteiger partial charge < -0.3 is 24.8 Å². The lowest BCUT2D eigenvalue weighted by atomic mass is 10.2. The number of benzene rings is 3. The highest BCUT2D eigenvalue weighted by atomic mass is 79.9. The van der Waals surface area contributed by atoms with Gasteiger partial charge in [0.2, 0.25) is 0 Å². The van der Waals surface area contributed by atoms with E-state index in [4.69, 9.17) is 14.2 Å². The number of ether oxygens (including phenoxy) is 3. The summed E-state index contributed by atoms with van der Waals surface area (Å²) >= 11 is 3.42. The monoisotopic (exact) mass is 498 g/mol.